The fourth-order valence-electron chi connectivity index (χ4n) is 2.11. The van der Waals surface area contributed by atoms with E-state index in [4.69, 9.17) is 25.9 Å². The summed E-state index contributed by atoms with van der Waals surface area (Å²) < 4.78 is 28.7. The summed E-state index contributed by atoms with van der Waals surface area (Å²) in [6.45, 7) is -1.64. The van der Waals surface area contributed by atoms with Crippen LogP contribution in [-0.4, -0.2) is 11.0 Å². The SMILES string of the molecule is [2H]C([2H])([2H])[C@H](N)Cc1oc2c(NCc3cccs3)cc(Cl)nc2c1Br. The van der Waals surface area contributed by atoms with Gasteiger partial charge < -0.3 is 15.5 Å². The van der Waals surface area contributed by atoms with Crippen molar-refractivity contribution in [3.05, 3.63) is 43.8 Å². The van der Waals surface area contributed by atoms with Crippen molar-refractivity contribution < 1.29 is 8.53 Å². The summed E-state index contributed by atoms with van der Waals surface area (Å²) in [5.41, 5.74) is 7.50. The number of nitrogens with zero attached hydrogens (tertiary/aromatic N) is 1. The van der Waals surface area contributed by atoms with Crippen LogP contribution in [0.1, 0.15) is 21.6 Å². The van der Waals surface area contributed by atoms with E-state index in [-0.39, 0.29) is 6.42 Å². The zero-order valence-corrected chi connectivity index (χ0v) is 14.6. The minimum atomic E-state index is -2.26. The first kappa shape index (κ1) is 12.4. The highest BCUT2D eigenvalue weighted by molar-refractivity contribution is 9.10. The maximum absolute atomic E-state index is 7.42. The third-order valence-corrected chi connectivity index (χ3v) is 4.95. The Kier molecular flexibility index (Phi) is 3.70. The molecule has 0 aliphatic carbocycles. The highest BCUT2D eigenvalue weighted by Gasteiger charge is 2.18. The molecule has 0 saturated carbocycles. The van der Waals surface area contributed by atoms with Crippen LogP contribution in [0.3, 0.4) is 0 Å². The van der Waals surface area contributed by atoms with E-state index in [2.05, 4.69) is 26.2 Å². The number of nitrogens with two attached hydrogens (primary N) is 1. The number of thiophene rings is 1. The maximum atomic E-state index is 7.42. The quantitative estimate of drug-likeness (QED) is 0.600. The van der Waals surface area contributed by atoms with Gasteiger partial charge in [0, 0.05) is 34.1 Å². The van der Waals surface area contributed by atoms with Crippen molar-refractivity contribution in [2.45, 2.75) is 25.9 Å². The molecular formula is C15H15BrClN3OS. The number of halogens is 2. The Hall–Kier alpha value is -1.08. The second kappa shape index (κ2) is 6.58. The van der Waals surface area contributed by atoms with Crippen LogP contribution < -0.4 is 11.1 Å². The number of furan rings is 1. The standard InChI is InChI=1S/C15H15BrClN3OS/c1-8(18)5-11-13(16)14-15(21-11)10(6-12(17)20-14)19-7-9-3-2-4-22-9/h2-4,6,8H,5,7,18H2,1H3,(H,19,20)/t8-/m0/s1/i1D3. The molecule has 3 aromatic heterocycles. The van der Waals surface area contributed by atoms with Gasteiger partial charge in [-0.15, -0.1) is 11.3 Å². The molecule has 22 heavy (non-hydrogen) atoms. The second-order valence-corrected chi connectivity index (χ2v) is 6.97. The zero-order chi connectivity index (χ0) is 18.2. The molecule has 3 heterocycles. The van der Waals surface area contributed by atoms with Crippen molar-refractivity contribution in [1.82, 2.24) is 4.98 Å². The normalized spacial score (nSPS) is 15.3. The van der Waals surface area contributed by atoms with E-state index in [0.29, 0.717) is 38.7 Å². The van der Waals surface area contributed by atoms with Gasteiger partial charge in [-0.1, -0.05) is 17.7 Å². The van der Waals surface area contributed by atoms with E-state index in [1.807, 2.05) is 17.5 Å². The molecule has 0 fully saturated rings. The van der Waals surface area contributed by atoms with Gasteiger partial charge >= 0.3 is 0 Å². The maximum Gasteiger partial charge on any atom is 0.177 e. The molecule has 0 aliphatic heterocycles. The predicted octanol–water partition coefficient (Wildman–Crippen LogP) is 4.81. The summed E-state index contributed by atoms with van der Waals surface area (Å²) in [5, 5.41) is 5.60. The van der Waals surface area contributed by atoms with Crippen molar-refractivity contribution in [3.8, 4) is 0 Å². The van der Waals surface area contributed by atoms with Gasteiger partial charge in [0.1, 0.15) is 16.4 Å². The van der Waals surface area contributed by atoms with Gasteiger partial charge in [-0.3, -0.25) is 0 Å². The number of rotatable bonds is 5. The van der Waals surface area contributed by atoms with Crippen LogP contribution in [0.15, 0.2) is 32.5 Å². The van der Waals surface area contributed by atoms with Gasteiger partial charge in [-0.05, 0) is 34.2 Å². The Balaban J connectivity index is 1.94. The molecular weight excluding hydrogens is 386 g/mol. The molecule has 0 aromatic carbocycles. The van der Waals surface area contributed by atoms with Gasteiger partial charge in [-0.25, -0.2) is 4.98 Å². The Morgan fingerprint density at radius 3 is 3.23 bits per heavy atom. The largest absolute Gasteiger partial charge is 0.456 e. The van der Waals surface area contributed by atoms with Gasteiger partial charge in [0.2, 0.25) is 0 Å². The molecule has 0 aliphatic rings. The lowest BCUT2D eigenvalue weighted by Crippen LogP contribution is -2.17. The molecule has 0 spiro atoms. The number of hydrogen-bond donors (Lipinski definition) is 2. The summed E-state index contributed by atoms with van der Waals surface area (Å²) in [4.78, 5) is 5.44. The van der Waals surface area contributed by atoms with Gasteiger partial charge in [0.25, 0.3) is 0 Å². The number of pyridine rings is 1. The van der Waals surface area contributed by atoms with Crippen LogP contribution in [0.5, 0.6) is 0 Å². The van der Waals surface area contributed by atoms with Crippen LogP contribution in [0, 0.1) is 0 Å². The first-order valence-corrected chi connectivity index (χ1v) is 8.60. The Bertz CT molecular complexity index is 882. The van der Waals surface area contributed by atoms with E-state index in [1.54, 1.807) is 17.4 Å². The van der Waals surface area contributed by atoms with E-state index < -0.39 is 12.9 Å². The molecule has 3 N–H and O–H groups in total. The predicted molar refractivity (Wildman–Crippen MR) is 95.7 cm³/mol. The number of aromatic nitrogens is 1. The van der Waals surface area contributed by atoms with Crippen molar-refractivity contribution in [2.24, 2.45) is 5.73 Å². The van der Waals surface area contributed by atoms with E-state index >= 15 is 0 Å². The molecule has 0 saturated heterocycles. The second-order valence-electron chi connectivity index (χ2n) is 4.75. The van der Waals surface area contributed by atoms with E-state index in [9.17, 15) is 0 Å². The van der Waals surface area contributed by atoms with E-state index in [0.717, 1.165) is 4.88 Å². The van der Waals surface area contributed by atoms with Crippen LogP contribution in [0.2, 0.25) is 5.15 Å². The molecule has 0 amide bonds. The monoisotopic (exact) mass is 402 g/mol. The number of nitrogens with one attached hydrogen (secondary N) is 1. The Morgan fingerprint density at radius 2 is 2.50 bits per heavy atom. The highest BCUT2D eigenvalue weighted by Crippen LogP contribution is 2.36. The molecule has 0 radical (unpaired) electrons. The van der Waals surface area contributed by atoms with Crippen molar-refractivity contribution in [1.29, 1.82) is 0 Å². The molecule has 0 unspecified atom stereocenters. The fourth-order valence-corrected chi connectivity index (χ4v) is 3.46. The van der Waals surface area contributed by atoms with Crippen LogP contribution in [0.25, 0.3) is 11.1 Å². The van der Waals surface area contributed by atoms with Gasteiger partial charge in [0.15, 0.2) is 5.58 Å². The summed E-state index contributed by atoms with van der Waals surface area (Å²) in [6.07, 6.45) is 0.0649. The highest BCUT2D eigenvalue weighted by atomic mass is 79.9. The molecule has 3 rings (SSSR count). The minimum absolute atomic E-state index is 0.0649. The molecule has 3 aromatic rings. The Morgan fingerprint density at radius 1 is 1.64 bits per heavy atom. The number of hydrogen-bond acceptors (Lipinski definition) is 5. The Labute approximate surface area is 150 Å². The molecule has 7 heteroatoms. The lowest BCUT2D eigenvalue weighted by molar-refractivity contribution is 0.523. The lowest BCUT2D eigenvalue weighted by atomic mass is 10.2. The topological polar surface area (TPSA) is 64.1 Å². The average molecular weight is 404 g/mol. The third-order valence-electron chi connectivity index (χ3n) is 3.06. The smallest absolute Gasteiger partial charge is 0.177 e. The minimum Gasteiger partial charge on any atom is -0.456 e. The average Bonchev–Trinajstić information content (AvgIpc) is 3.14. The number of anilines is 1. The van der Waals surface area contributed by atoms with Gasteiger partial charge in [0.05, 0.1) is 10.2 Å². The number of fused-ring (bicyclic) bond motifs is 1. The van der Waals surface area contributed by atoms with E-state index in [1.165, 1.54) is 0 Å². The van der Waals surface area contributed by atoms with Crippen molar-refractivity contribution >= 4 is 55.7 Å². The summed E-state index contributed by atoms with van der Waals surface area (Å²) in [7, 11) is 0. The zero-order valence-electron chi connectivity index (χ0n) is 14.4. The summed E-state index contributed by atoms with van der Waals surface area (Å²) in [5.74, 6) is 0.438. The first-order chi connectivity index (χ1) is 11.8. The molecule has 4 nitrogen and oxygen atoms in total. The van der Waals surface area contributed by atoms with Crippen LogP contribution in [0.4, 0.5) is 5.69 Å². The first-order valence-electron chi connectivity index (χ1n) is 8.05. The fraction of sp³-hybridized carbons (Fsp3) is 0.267. The molecule has 116 valence electrons. The van der Waals surface area contributed by atoms with Gasteiger partial charge in [-0.2, -0.15) is 0 Å². The summed E-state index contributed by atoms with van der Waals surface area (Å²) in [6, 6.07) is 4.66. The molecule has 0 bridgehead atoms. The van der Waals surface area contributed by atoms with Crippen LogP contribution in [-0.2, 0) is 13.0 Å². The third kappa shape index (κ3) is 3.30. The summed E-state index contributed by atoms with van der Waals surface area (Å²) >= 11 is 11.2. The van der Waals surface area contributed by atoms with Crippen LogP contribution >= 0.6 is 38.9 Å². The lowest BCUT2D eigenvalue weighted by Gasteiger charge is -2.06. The molecule has 1 atom stereocenters. The van der Waals surface area contributed by atoms with Crippen molar-refractivity contribution in [2.75, 3.05) is 5.32 Å². The van der Waals surface area contributed by atoms with Crippen molar-refractivity contribution in [3.63, 3.8) is 0 Å².